The van der Waals surface area contributed by atoms with Crippen molar-refractivity contribution in [2.45, 2.75) is 38.9 Å². The van der Waals surface area contributed by atoms with Gasteiger partial charge in [-0.05, 0) is 36.6 Å². The van der Waals surface area contributed by atoms with Gasteiger partial charge in [-0.25, -0.2) is 0 Å². The van der Waals surface area contributed by atoms with Gasteiger partial charge >= 0.3 is 0 Å². The van der Waals surface area contributed by atoms with Crippen LogP contribution in [0.2, 0.25) is 0 Å². The molecular weight excluding hydrogens is 248 g/mol. The molecule has 2 atom stereocenters. The lowest BCUT2D eigenvalue weighted by Gasteiger charge is -2.19. The van der Waals surface area contributed by atoms with E-state index in [9.17, 15) is 5.11 Å². The van der Waals surface area contributed by atoms with Gasteiger partial charge in [-0.2, -0.15) is 0 Å². The van der Waals surface area contributed by atoms with E-state index in [4.69, 9.17) is 4.74 Å². The summed E-state index contributed by atoms with van der Waals surface area (Å²) in [5.74, 6) is 0.914. The maximum absolute atomic E-state index is 10.5. The molecule has 2 nitrogen and oxygen atoms in total. The fourth-order valence-corrected chi connectivity index (χ4v) is 2.80. The third kappa shape index (κ3) is 2.56. The summed E-state index contributed by atoms with van der Waals surface area (Å²) in [6, 6.07) is 14.4. The summed E-state index contributed by atoms with van der Waals surface area (Å²) in [4.78, 5) is 0. The van der Waals surface area contributed by atoms with E-state index in [-0.39, 0.29) is 6.10 Å². The van der Waals surface area contributed by atoms with E-state index in [1.807, 2.05) is 18.2 Å². The first kappa shape index (κ1) is 13.2. The van der Waals surface area contributed by atoms with Crippen LogP contribution < -0.4 is 4.74 Å². The van der Waals surface area contributed by atoms with Crippen molar-refractivity contribution in [2.24, 2.45) is 0 Å². The van der Waals surface area contributed by atoms with E-state index in [0.29, 0.717) is 6.42 Å². The normalized spacial score (nSPS) is 18.4. The van der Waals surface area contributed by atoms with Gasteiger partial charge in [0.1, 0.15) is 11.9 Å². The Morgan fingerprint density at radius 2 is 2.00 bits per heavy atom. The van der Waals surface area contributed by atoms with Crippen molar-refractivity contribution in [1.82, 2.24) is 0 Å². The van der Waals surface area contributed by atoms with Crippen molar-refractivity contribution < 1.29 is 9.84 Å². The van der Waals surface area contributed by atoms with Crippen LogP contribution in [0.25, 0.3) is 0 Å². The van der Waals surface area contributed by atoms with Crippen LogP contribution in [0.4, 0.5) is 0 Å². The van der Waals surface area contributed by atoms with E-state index >= 15 is 0 Å². The number of benzene rings is 2. The van der Waals surface area contributed by atoms with Crippen LogP contribution in [0.5, 0.6) is 5.75 Å². The zero-order valence-corrected chi connectivity index (χ0v) is 12.0. The number of para-hydroxylation sites is 1. The van der Waals surface area contributed by atoms with E-state index < -0.39 is 6.10 Å². The molecule has 1 heterocycles. The van der Waals surface area contributed by atoms with Crippen molar-refractivity contribution in [3.8, 4) is 5.75 Å². The highest BCUT2D eigenvalue weighted by atomic mass is 16.5. The zero-order valence-electron chi connectivity index (χ0n) is 12.0. The molecule has 2 heteroatoms. The Bertz CT molecular complexity index is 594. The van der Waals surface area contributed by atoms with E-state index in [2.05, 4.69) is 38.1 Å². The van der Waals surface area contributed by atoms with E-state index in [1.165, 1.54) is 22.3 Å². The molecule has 1 aliphatic heterocycles. The number of fused-ring (bicyclic) bond motifs is 1. The highest BCUT2D eigenvalue weighted by Crippen LogP contribution is 2.30. The molecule has 0 radical (unpaired) electrons. The second kappa shape index (κ2) is 5.29. The Morgan fingerprint density at radius 3 is 2.80 bits per heavy atom. The molecular formula is C18H20O2. The van der Waals surface area contributed by atoms with Crippen LogP contribution in [0.3, 0.4) is 0 Å². The average Bonchev–Trinajstić information content (AvgIpc) is 2.87. The van der Waals surface area contributed by atoms with Crippen LogP contribution in [0.15, 0.2) is 42.5 Å². The second-order valence-corrected chi connectivity index (χ2v) is 5.67. The van der Waals surface area contributed by atoms with Gasteiger partial charge in [-0.3, -0.25) is 0 Å². The maximum atomic E-state index is 10.5. The zero-order chi connectivity index (χ0) is 14.1. The van der Waals surface area contributed by atoms with Crippen LogP contribution in [0.1, 0.15) is 22.3 Å². The summed E-state index contributed by atoms with van der Waals surface area (Å²) in [5, 5.41) is 10.5. The Kier molecular flexibility index (Phi) is 3.49. The summed E-state index contributed by atoms with van der Waals surface area (Å²) >= 11 is 0. The number of aliphatic hydroxyl groups excluding tert-OH is 1. The summed E-state index contributed by atoms with van der Waals surface area (Å²) in [5.41, 5.74) is 4.85. The van der Waals surface area contributed by atoms with Gasteiger partial charge in [0.15, 0.2) is 0 Å². The van der Waals surface area contributed by atoms with Gasteiger partial charge in [0.2, 0.25) is 0 Å². The molecule has 2 unspecified atom stereocenters. The highest BCUT2D eigenvalue weighted by Gasteiger charge is 2.29. The lowest BCUT2D eigenvalue weighted by Crippen LogP contribution is -2.32. The Morgan fingerprint density at radius 1 is 1.20 bits per heavy atom. The number of hydrogen-bond acceptors (Lipinski definition) is 2. The van der Waals surface area contributed by atoms with Gasteiger partial charge in [0, 0.05) is 12.8 Å². The summed E-state index contributed by atoms with van der Waals surface area (Å²) < 4.78 is 5.86. The van der Waals surface area contributed by atoms with Gasteiger partial charge in [-0.1, -0.05) is 42.0 Å². The molecule has 0 amide bonds. The quantitative estimate of drug-likeness (QED) is 0.926. The van der Waals surface area contributed by atoms with Crippen molar-refractivity contribution in [3.63, 3.8) is 0 Å². The van der Waals surface area contributed by atoms with Gasteiger partial charge in [0.05, 0.1) is 6.10 Å². The molecule has 104 valence electrons. The molecule has 20 heavy (non-hydrogen) atoms. The fraction of sp³-hybridized carbons (Fsp3) is 0.333. The lowest BCUT2D eigenvalue weighted by atomic mass is 9.96. The third-order valence-corrected chi connectivity index (χ3v) is 4.03. The van der Waals surface area contributed by atoms with Crippen molar-refractivity contribution in [3.05, 3.63) is 64.7 Å². The number of aliphatic hydroxyl groups is 1. The smallest absolute Gasteiger partial charge is 0.129 e. The summed E-state index contributed by atoms with van der Waals surface area (Å²) in [6.07, 6.45) is 0.837. The van der Waals surface area contributed by atoms with Crippen molar-refractivity contribution >= 4 is 0 Å². The lowest BCUT2D eigenvalue weighted by molar-refractivity contribution is 0.0502. The molecule has 0 saturated heterocycles. The van der Waals surface area contributed by atoms with Gasteiger partial charge in [0.25, 0.3) is 0 Å². The molecule has 0 fully saturated rings. The monoisotopic (exact) mass is 268 g/mol. The molecule has 0 bridgehead atoms. The minimum absolute atomic E-state index is 0.132. The molecule has 2 aromatic rings. The Labute approximate surface area is 120 Å². The first-order chi connectivity index (χ1) is 9.63. The molecule has 0 spiro atoms. The Balaban J connectivity index is 1.72. The molecule has 3 rings (SSSR count). The highest BCUT2D eigenvalue weighted by molar-refractivity contribution is 5.38. The second-order valence-electron chi connectivity index (χ2n) is 5.67. The average molecular weight is 268 g/mol. The number of hydrogen-bond donors (Lipinski definition) is 1. The predicted octanol–water partition coefficient (Wildman–Crippen LogP) is 3.21. The summed E-state index contributed by atoms with van der Waals surface area (Å²) in [6.45, 7) is 4.17. The predicted molar refractivity (Wildman–Crippen MR) is 80.2 cm³/mol. The SMILES string of the molecule is Cc1ccc(C)c(CC(O)C2Cc3ccccc3O2)c1. The number of rotatable bonds is 3. The number of aryl methyl sites for hydroxylation is 2. The van der Waals surface area contributed by atoms with E-state index in [1.54, 1.807) is 0 Å². The molecule has 0 aromatic heterocycles. The molecule has 0 aliphatic carbocycles. The maximum Gasteiger partial charge on any atom is 0.129 e. The topological polar surface area (TPSA) is 29.5 Å². The molecule has 2 aromatic carbocycles. The van der Waals surface area contributed by atoms with Crippen molar-refractivity contribution in [2.75, 3.05) is 0 Å². The Hall–Kier alpha value is -1.80. The minimum Gasteiger partial charge on any atom is -0.487 e. The van der Waals surface area contributed by atoms with Crippen LogP contribution in [-0.2, 0) is 12.8 Å². The van der Waals surface area contributed by atoms with Gasteiger partial charge < -0.3 is 9.84 Å². The largest absolute Gasteiger partial charge is 0.487 e. The minimum atomic E-state index is -0.470. The number of ether oxygens (including phenoxy) is 1. The first-order valence-electron chi connectivity index (χ1n) is 7.12. The summed E-state index contributed by atoms with van der Waals surface area (Å²) in [7, 11) is 0. The fourth-order valence-electron chi connectivity index (χ4n) is 2.80. The van der Waals surface area contributed by atoms with Crippen LogP contribution in [0, 0.1) is 13.8 Å². The van der Waals surface area contributed by atoms with Gasteiger partial charge in [-0.15, -0.1) is 0 Å². The standard InChI is InChI=1S/C18H20O2/c1-12-7-8-13(2)15(9-12)10-16(19)18-11-14-5-3-4-6-17(14)20-18/h3-9,16,18-19H,10-11H2,1-2H3. The molecule has 1 aliphatic rings. The van der Waals surface area contributed by atoms with Crippen molar-refractivity contribution in [1.29, 1.82) is 0 Å². The van der Waals surface area contributed by atoms with Crippen LogP contribution in [-0.4, -0.2) is 17.3 Å². The molecule has 1 N–H and O–H groups in total. The first-order valence-corrected chi connectivity index (χ1v) is 7.12. The van der Waals surface area contributed by atoms with Crippen LogP contribution >= 0.6 is 0 Å². The van der Waals surface area contributed by atoms with E-state index in [0.717, 1.165) is 12.2 Å². The third-order valence-electron chi connectivity index (χ3n) is 4.03. The molecule has 0 saturated carbocycles.